The third-order valence-corrected chi connectivity index (χ3v) is 3.67. The summed E-state index contributed by atoms with van der Waals surface area (Å²) < 4.78 is 1.88. The molecule has 0 unspecified atom stereocenters. The summed E-state index contributed by atoms with van der Waals surface area (Å²) in [5.74, 6) is 0.294. The molecule has 2 aromatic rings. The second-order valence-electron chi connectivity index (χ2n) is 3.94. The molecule has 0 aliphatic carbocycles. The largest absolute Gasteiger partial charge is 0.508 e. The summed E-state index contributed by atoms with van der Waals surface area (Å²) >= 11 is 6.83. The summed E-state index contributed by atoms with van der Waals surface area (Å²) in [5.41, 5.74) is 2.65. The van der Waals surface area contributed by atoms with Gasteiger partial charge in [0, 0.05) is 26.9 Å². The minimum atomic E-state index is 0.294. The topological polar surface area (TPSA) is 45.2 Å². The van der Waals surface area contributed by atoms with Crippen LogP contribution < -0.4 is 5.32 Å². The average Bonchev–Trinajstić information content (AvgIpc) is 2.32. The van der Waals surface area contributed by atoms with Crippen LogP contribution in [0.3, 0.4) is 0 Å². The second kappa shape index (κ2) is 5.71. The highest BCUT2D eigenvalue weighted by Gasteiger charge is 2.03. The number of aromatic nitrogens is 1. The lowest BCUT2D eigenvalue weighted by molar-refractivity contribution is 0.471. The first-order valence-electron chi connectivity index (χ1n) is 5.39. The molecule has 0 saturated carbocycles. The van der Waals surface area contributed by atoms with Crippen LogP contribution in [0, 0.1) is 6.92 Å². The van der Waals surface area contributed by atoms with E-state index >= 15 is 0 Å². The fourth-order valence-electron chi connectivity index (χ4n) is 1.48. The Bertz CT molecular complexity index is 573. The van der Waals surface area contributed by atoms with Gasteiger partial charge >= 0.3 is 0 Å². The van der Waals surface area contributed by atoms with Gasteiger partial charge in [-0.1, -0.05) is 6.07 Å². The highest BCUT2D eigenvalue weighted by atomic mass is 79.9. The molecule has 18 heavy (non-hydrogen) atoms. The maximum absolute atomic E-state index is 9.62. The minimum Gasteiger partial charge on any atom is -0.508 e. The van der Waals surface area contributed by atoms with Crippen molar-refractivity contribution in [3.63, 3.8) is 0 Å². The predicted molar refractivity (Wildman–Crippen MR) is 79.8 cm³/mol. The monoisotopic (exact) mass is 370 g/mol. The van der Waals surface area contributed by atoms with Crippen molar-refractivity contribution in [2.45, 2.75) is 13.5 Å². The van der Waals surface area contributed by atoms with Crippen molar-refractivity contribution in [2.75, 3.05) is 5.32 Å². The number of aromatic hydroxyl groups is 1. The molecular formula is C13H12Br2N2O. The van der Waals surface area contributed by atoms with Crippen molar-refractivity contribution in [3.8, 4) is 5.75 Å². The van der Waals surface area contributed by atoms with E-state index in [4.69, 9.17) is 0 Å². The van der Waals surface area contributed by atoms with Crippen molar-refractivity contribution in [2.24, 2.45) is 0 Å². The maximum Gasteiger partial charge on any atom is 0.120 e. The fraction of sp³-hybridized carbons (Fsp3) is 0.154. The lowest BCUT2D eigenvalue weighted by atomic mass is 10.2. The van der Waals surface area contributed by atoms with Gasteiger partial charge in [-0.3, -0.25) is 4.98 Å². The first kappa shape index (κ1) is 13.4. The van der Waals surface area contributed by atoms with Gasteiger partial charge in [-0.25, -0.2) is 0 Å². The zero-order valence-electron chi connectivity index (χ0n) is 9.74. The minimum absolute atomic E-state index is 0.294. The molecule has 0 atom stereocenters. The Labute approximate surface area is 123 Å². The summed E-state index contributed by atoms with van der Waals surface area (Å²) in [4.78, 5) is 4.31. The lowest BCUT2D eigenvalue weighted by Gasteiger charge is -2.09. The number of benzene rings is 1. The van der Waals surface area contributed by atoms with Crippen LogP contribution in [0.1, 0.15) is 11.3 Å². The number of hydrogen-bond acceptors (Lipinski definition) is 3. The van der Waals surface area contributed by atoms with Crippen LogP contribution in [0.15, 0.2) is 39.4 Å². The van der Waals surface area contributed by atoms with Gasteiger partial charge in [-0.15, -0.1) is 0 Å². The number of phenolic OH excluding ortho intramolecular Hbond substituents is 1. The second-order valence-corrected chi connectivity index (χ2v) is 5.71. The van der Waals surface area contributed by atoms with Gasteiger partial charge in [-0.2, -0.15) is 0 Å². The van der Waals surface area contributed by atoms with E-state index < -0.39 is 0 Å². The van der Waals surface area contributed by atoms with Gasteiger partial charge in [0.1, 0.15) is 5.75 Å². The quantitative estimate of drug-likeness (QED) is 0.848. The van der Waals surface area contributed by atoms with Crippen LogP contribution in [-0.2, 0) is 6.54 Å². The molecule has 2 rings (SSSR count). The van der Waals surface area contributed by atoms with E-state index in [1.807, 2.05) is 25.1 Å². The molecule has 0 aliphatic heterocycles. The van der Waals surface area contributed by atoms with Crippen LogP contribution in [0.4, 0.5) is 5.69 Å². The molecule has 1 aromatic carbocycles. The summed E-state index contributed by atoms with van der Waals surface area (Å²) in [7, 11) is 0. The van der Waals surface area contributed by atoms with Gasteiger partial charge in [-0.05, 0) is 56.5 Å². The lowest BCUT2D eigenvalue weighted by Crippen LogP contribution is -2.02. The van der Waals surface area contributed by atoms with Gasteiger partial charge < -0.3 is 10.4 Å². The molecule has 1 aromatic heterocycles. The van der Waals surface area contributed by atoms with Crippen LogP contribution in [0.5, 0.6) is 5.75 Å². The molecule has 1 heterocycles. The third kappa shape index (κ3) is 3.23. The van der Waals surface area contributed by atoms with Crippen molar-refractivity contribution in [1.82, 2.24) is 4.98 Å². The summed E-state index contributed by atoms with van der Waals surface area (Å²) in [6.07, 6.45) is 1.76. The number of halogens is 2. The Kier molecular flexibility index (Phi) is 4.24. The summed E-state index contributed by atoms with van der Waals surface area (Å²) in [6.45, 7) is 2.46. The molecule has 5 heteroatoms. The molecule has 0 spiro atoms. The van der Waals surface area contributed by atoms with Gasteiger partial charge in [0.25, 0.3) is 0 Å². The molecule has 0 amide bonds. The zero-order valence-corrected chi connectivity index (χ0v) is 12.9. The molecule has 0 radical (unpaired) electrons. The van der Waals surface area contributed by atoms with Crippen LogP contribution in [0.2, 0.25) is 0 Å². The Morgan fingerprint density at radius 3 is 2.72 bits per heavy atom. The van der Waals surface area contributed by atoms with E-state index in [1.165, 1.54) is 0 Å². The molecule has 0 aliphatic rings. The molecular weight excluding hydrogens is 360 g/mol. The van der Waals surface area contributed by atoms with Gasteiger partial charge in [0.05, 0.1) is 12.2 Å². The third-order valence-electron chi connectivity index (χ3n) is 2.55. The standard InChI is InChI=1S/C13H12Br2N2O/c1-8-2-3-10(5-13(8)18)16-7-12-11(15)4-9(14)6-17-12/h2-6,16,18H,7H2,1H3. The molecule has 0 saturated heterocycles. The molecule has 3 nitrogen and oxygen atoms in total. The zero-order chi connectivity index (χ0) is 13.1. The van der Waals surface area contributed by atoms with E-state index in [0.29, 0.717) is 12.3 Å². The molecule has 0 bridgehead atoms. The smallest absolute Gasteiger partial charge is 0.120 e. The summed E-state index contributed by atoms with van der Waals surface area (Å²) in [6, 6.07) is 7.47. The highest BCUT2D eigenvalue weighted by molar-refractivity contribution is 9.11. The Morgan fingerprint density at radius 2 is 2.06 bits per heavy atom. The molecule has 0 fully saturated rings. The SMILES string of the molecule is Cc1ccc(NCc2ncc(Br)cc2Br)cc1O. The molecule has 94 valence electrons. The number of nitrogens with zero attached hydrogens (tertiary/aromatic N) is 1. The Balaban J connectivity index is 2.09. The number of anilines is 1. The number of hydrogen-bond donors (Lipinski definition) is 2. The molecule has 2 N–H and O–H groups in total. The summed E-state index contributed by atoms with van der Waals surface area (Å²) in [5, 5.41) is 12.8. The van der Waals surface area contributed by atoms with Crippen LogP contribution in [-0.4, -0.2) is 10.1 Å². The van der Waals surface area contributed by atoms with E-state index in [9.17, 15) is 5.11 Å². The predicted octanol–water partition coefficient (Wildman–Crippen LogP) is 4.23. The van der Waals surface area contributed by atoms with Crippen LogP contribution >= 0.6 is 31.9 Å². The number of pyridine rings is 1. The normalized spacial score (nSPS) is 10.4. The fourth-order valence-corrected chi connectivity index (χ4v) is 2.61. The first-order chi connectivity index (χ1) is 8.56. The van der Waals surface area contributed by atoms with Crippen molar-refractivity contribution < 1.29 is 5.11 Å². The van der Waals surface area contributed by atoms with Crippen molar-refractivity contribution >= 4 is 37.5 Å². The van der Waals surface area contributed by atoms with Crippen molar-refractivity contribution in [1.29, 1.82) is 0 Å². The highest BCUT2D eigenvalue weighted by Crippen LogP contribution is 2.23. The van der Waals surface area contributed by atoms with E-state index in [1.54, 1.807) is 12.3 Å². The van der Waals surface area contributed by atoms with E-state index in [-0.39, 0.29) is 0 Å². The van der Waals surface area contributed by atoms with Crippen LogP contribution in [0.25, 0.3) is 0 Å². The number of nitrogens with one attached hydrogen (secondary N) is 1. The number of rotatable bonds is 3. The van der Waals surface area contributed by atoms with Gasteiger partial charge in [0.2, 0.25) is 0 Å². The Morgan fingerprint density at radius 1 is 1.28 bits per heavy atom. The maximum atomic E-state index is 9.62. The Hall–Kier alpha value is -1.07. The average molecular weight is 372 g/mol. The number of phenols is 1. The number of aryl methyl sites for hydroxylation is 1. The van der Waals surface area contributed by atoms with E-state index in [0.717, 1.165) is 25.9 Å². The van der Waals surface area contributed by atoms with Gasteiger partial charge in [0.15, 0.2) is 0 Å². The van der Waals surface area contributed by atoms with Crippen molar-refractivity contribution in [3.05, 3.63) is 50.7 Å². The van der Waals surface area contributed by atoms with E-state index in [2.05, 4.69) is 42.2 Å². The first-order valence-corrected chi connectivity index (χ1v) is 6.98.